The number of unbranched alkanes of at least 4 members (excludes halogenated alkanes) is 2. The van der Waals surface area contributed by atoms with Crippen molar-refractivity contribution in [3.8, 4) is 35.1 Å². The predicted molar refractivity (Wildman–Crippen MR) is 153 cm³/mol. The van der Waals surface area contributed by atoms with Crippen molar-refractivity contribution in [1.29, 1.82) is 10.5 Å². The molecule has 0 amide bonds. The molecule has 3 rings (SSSR count). The fraction of sp³-hybridized carbons (Fsp3) is 0.344. The Labute approximate surface area is 240 Å². The number of aromatic hydroxyl groups is 1. The molecule has 1 N–H and O–H groups in total. The molecule has 214 valence electrons. The first kappa shape index (κ1) is 30.8. The van der Waals surface area contributed by atoms with Crippen LogP contribution in [-0.4, -0.2) is 37.2 Å². The standard InChI is InChI=1S/C32H34N2O7/c1-32(2,3)41-31(36)8-6-5-7-15-38-30-18-25(39-21-37-4)12-9-22(30)10-13-26-17-27(23(19-33)20-34)28-16-24(35)11-14-29(28)40-26/h9-14,16-18,35H,5-8,15,21H2,1-4H3/b13-10+. The molecule has 0 aromatic heterocycles. The minimum absolute atomic E-state index is 0.00474. The minimum Gasteiger partial charge on any atom is -0.508 e. The molecular formula is C32H34N2O7. The summed E-state index contributed by atoms with van der Waals surface area (Å²) in [5, 5.41) is 28.8. The Hall–Kier alpha value is -4.73. The van der Waals surface area contributed by atoms with Gasteiger partial charge in [-0.2, -0.15) is 10.5 Å². The molecule has 2 aromatic rings. The van der Waals surface area contributed by atoms with Crippen LogP contribution in [-0.2, 0) is 14.3 Å². The van der Waals surface area contributed by atoms with Crippen LogP contribution in [0.3, 0.4) is 0 Å². The SMILES string of the molecule is COCOc1ccc(/C=C/C2=CC(=C(C#N)C#N)c3cc(O)ccc3O2)c(OCCCCCC(=O)OC(C)(C)C)c1. The van der Waals surface area contributed by atoms with Crippen LogP contribution in [0.4, 0.5) is 0 Å². The lowest BCUT2D eigenvalue weighted by Crippen LogP contribution is -2.23. The number of methoxy groups -OCH3 is 1. The average molecular weight is 559 g/mol. The first-order valence-corrected chi connectivity index (χ1v) is 13.2. The van der Waals surface area contributed by atoms with Gasteiger partial charge in [-0.15, -0.1) is 0 Å². The molecule has 0 saturated heterocycles. The van der Waals surface area contributed by atoms with E-state index in [0.29, 0.717) is 53.6 Å². The number of nitrogens with zero attached hydrogens (tertiary/aromatic N) is 2. The lowest BCUT2D eigenvalue weighted by molar-refractivity contribution is -0.154. The number of carbonyl (C=O) groups is 1. The van der Waals surface area contributed by atoms with E-state index < -0.39 is 5.60 Å². The van der Waals surface area contributed by atoms with Crippen LogP contribution in [0, 0.1) is 22.7 Å². The number of esters is 1. The van der Waals surface area contributed by atoms with Crippen molar-refractivity contribution in [2.24, 2.45) is 0 Å². The van der Waals surface area contributed by atoms with E-state index in [1.165, 1.54) is 19.2 Å². The number of fused-ring (bicyclic) bond motifs is 1. The second-order valence-electron chi connectivity index (χ2n) is 10.2. The van der Waals surface area contributed by atoms with E-state index >= 15 is 0 Å². The zero-order valence-corrected chi connectivity index (χ0v) is 23.7. The maximum Gasteiger partial charge on any atom is 0.306 e. The van der Waals surface area contributed by atoms with Crippen LogP contribution in [0.25, 0.3) is 11.6 Å². The van der Waals surface area contributed by atoms with Crippen LogP contribution in [0.15, 0.2) is 59.9 Å². The first-order valence-electron chi connectivity index (χ1n) is 13.2. The highest BCUT2D eigenvalue weighted by atomic mass is 16.7. The van der Waals surface area contributed by atoms with Crippen molar-refractivity contribution >= 4 is 17.6 Å². The molecule has 9 nitrogen and oxygen atoms in total. The highest BCUT2D eigenvalue weighted by Crippen LogP contribution is 2.38. The first-order chi connectivity index (χ1) is 19.6. The van der Waals surface area contributed by atoms with Crippen LogP contribution < -0.4 is 14.2 Å². The van der Waals surface area contributed by atoms with Crippen molar-refractivity contribution in [2.45, 2.75) is 52.1 Å². The number of hydrogen-bond donors (Lipinski definition) is 1. The minimum atomic E-state index is -0.489. The molecule has 2 aromatic carbocycles. The summed E-state index contributed by atoms with van der Waals surface area (Å²) in [6, 6.07) is 13.7. The van der Waals surface area contributed by atoms with E-state index in [1.807, 2.05) is 39.0 Å². The quantitative estimate of drug-likeness (QED) is 0.135. The van der Waals surface area contributed by atoms with Crippen molar-refractivity contribution in [3.05, 3.63) is 71.0 Å². The summed E-state index contributed by atoms with van der Waals surface area (Å²) in [6.07, 6.45) is 7.70. The van der Waals surface area contributed by atoms with Gasteiger partial charge < -0.3 is 28.8 Å². The number of hydrogen-bond acceptors (Lipinski definition) is 9. The van der Waals surface area contributed by atoms with Gasteiger partial charge in [0.05, 0.1) is 6.61 Å². The molecule has 0 fully saturated rings. The predicted octanol–water partition coefficient (Wildman–Crippen LogP) is 6.45. The molecule has 0 bridgehead atoms. The summed E-state index contributed by atoms with van der Waals surface area (Å²) >= 11 is 0. The molecule has 0 radical (unpaired) electrons. The maximum absolute atomic E-state index is 11.9. The smallest absolute Gasteiger partial charge is 0.306 e. The van der Waals surface area contributed by atoms with Gasteiger partial charge in [-0.3, -0.25) is 4.79 Å². The third-order valence-corrected chi connectivity index (χ3v) is 5.72. The summed E-state index contributed by atoms with van der Waals surface area (Å²) < 4.78 is 27.9. The third-order valence-electron chi connectivity index (χ3n) is 5.72. The highest BCUT2D eigenvalue weighted by Gasteiger charge is 2.20. The van der Waals surface area contributed by atoms with Crippen molar-refractivity contribution < 1.29 is 33.6 Å². The molecule has 41 heavy (non-hydrogen) atoms. The number of phenolic OH excluding ortho intramolecular Hbond substituents is 1. The molecule has 1 heterocycles. The Morgan fingerprint density at radius 3 is 2.51 bits per heavy atom. The van der Waals surface area contributed by atoms with Gasteiger partial charge in [0.2, 0.25) is 0 Å². The molecule has 0 unspecified atom stereocenters. The molecule has 0 spiro atoms. The van der Waals surface area contributed by atoms with Crippen molar-refractivity contribution in [3.63, 3.8) is 0 Å². The topological polar surface area (TPSA) is 131 Å². The molecule has 1 aliphatic heterocycles. The van der Waals surface area contributed by atoms with E-state index in [2.05, 4.69) is 0 Å². The largest absolute Gasteiger partial charge is 0.508 e. The van der Waals surface area contributed by atoms with Gasteiger partial charge in [-0.25, -0.2) is 0 Å². The van der Waals surface area contributed by atoms with Crippen LogP contribution in [0.2, 0.25) is 0 Å². The molecule has 0 aliphatic carbocycles. The second-order valence-corrected chi connectivity index (χ2v) is 10.2. The van der Waals surface area contributed by atoms with Gasteiger partial charge in [-0.1, -0.05) is 0 Å². The Morgan fingerprint density at radius 2 is 1.80 bits per heavy atom. The molecule has 0 atom stereocenters. The fourth-order valence-corrected chi connectivity index (χ4v) is 3.92. The van der Waals surface area contributed by atoms with Gasteiger partial charge >= 0.3 is 5.97 Å². The summed E-state index contributed by atoms with van der Waals surface area (Å²) in [6.45, 7) is 6.07. The number of benzene rings is 2. The normalized spacial score (nSPS) is 12.4. The second kappa shape index (κ2) is 14.6. The zero-order valence-electron chi connectivity index (χ0n) is 23.7. The summed E-state index contributed by atoms with van der Waals surface area (Å²) in [5.74, 6) is 1.75. The summed E-state index contributed by atoms with van der Waals surface area (Å²) in [5.41, 5.74) is 0.974. The van der Waals surface area contributed by atoms with Gasteiger partial charge in [-0.05, 0) is 88.6 Å². The fourth-order valence-electron chi connectivity index (χ4n) is 3.92. The number of allylic oxidation sites excluding steroid dienone is 4. The Bertz CT molecular complexity index is 1400. The monoisotopic (exact) mass is 558 g/mol. The Morgan fingerprint density at radius 1 is 1.02 bits per heavy atom. The van der Waals surface area contributed by atoms with E-state index in [4.69, 9.17) is 23.7 Å². The Kier molecular flexibility index (Phi) is 11.0. The number of ether oxygens (including phenoxy) is 5. The van der Waals surface area contributed by atoms with Gasteiger partial charge in [0.25, 0.3) is 0 Å². The molecule has 9 heteroatoms. The molecular weight excluding hydrogens is 524 g/mol. The van der Waals surface area contributed by atoms with Crippen LogP contribution in [0.1, 0.15) is 57.6 Å². The summed E-state index contributed by atoms with van der Waals surface area (Å²) in [4.78, 5) is 11.9. The average Bonchev–Trinajstić information content (AvgIpc) is 2.93. The van der Waals surface area contributed by atoms with Gasteiger partial charge in [0, 0.05) is 36.3 Å². The van der Waals surface area contributed by atoms with Gasteiger partial charge in [0.15, 0.2) is 6.79 Å². The van der Waals surface area contributed by atoms with E-state index in [0.717, 1.165) is 18.4 Å². The van der Waals surface area contributed by atoms with Crippen molar-refractivity contribution in [2.75, 3.05) is 20.5 Å². The highest BCUT2D eigenvalue weighted by molar-refractivity contribution is 5.87. The lowest BCUT2D eigenvalue weighted by Gasteiger charge is -2.19. The van der Waals surface area contributed by atoms with E-state index in [9.17, 15) is 20.4 Å². The van der Waals surface area contributed by atoms with Crippen molar-refractivity contribution in [1.82, 2.24) is 0 Å². The van der Waals surface area contributed by atoms with Crippen LogP contribution in [0.5, 0.6) is 23.0 Å². The van der Waals surface area contributed by atoms with Crippen LogP contribution >= 0.6 is 0 Å². The molecule has 1 aliphatic rings. The number of rotatable bonds is 12. The van der Waals surface area contributed by atoms with E-state index in [-0.39, 0.29) is 24.1 Å². The number of carbonyl (C=O) groups excluding carboxylic acids is 1. The van der Waals surface area contributed by atoms with E-state index in [1.54, 1.807) is 36.4 Å². The third kappa shape index (κ3) is 9.45. The summed E-state index contributed by atoms with van der Waals surface area (Å²) in [7, 11) is 1.54. The Balaban J connectivity index is 1.74. The number of phenols is 1. The zero-order chi connectivity index (χ0) is 29.8. The maximum atomic E-state index is 11.9. The number of nitriles is 2. The lowest BCUT2D eigenvalue weighted by atomic mass is 9.97. The molecule has 0 saturated carbocycles. The van der Waals surface area contributed by atoms with Gasteiger partial charge in [0.1, 0.15) is 52.1 Å².